The number of aromatic nitrogens is 1. The second-order valence-corrected chi connectivity index (χ2v) is 7.38. The molecule has 8 heteroatoms. The zero-order chi connectivity index (χ0) is 18.0. The lowest BCUT2D eigenvalue weighted by Crippen LogP contribution is -2.50. The standard InChI is InChI=1S/C17H17Cl3N4S/c1-11-12(18)3-2-4-15(11)22-17(25)24-7-5-23(6-8-24)16-13(19)9-21-10-14(16)20/h2-4,9-10H,5-8H2,1H3,(H,22,25). The fraction of sp³-hybridized carbons (Fsp3) is 0.294. The first-order chi connectivity index (χ1) is 12.0. The van der Waals surface area contributed by atoms with Crippen LogP contribution < -0.4 is 10.2 Å². The second kappa shape index (κ2) is 7.96. The molecule has 1 aromatic carbocycles. The Morgan fingerprint density at radius 2 is 1.68 bits per heavy atom. The van der Waals surface area contributed by atoms with Crippen LogP contribution in [0.5, 0.6) is 0 Å². The molecular formula is C17H17Cl3N4S. The average Bonchev–Trinajstić information content (AvgIpc) is 2.59. The van der Waals surface area contributed by atoms with Crippen LogP contribution >= 0.6 is 47.0 Å². The van der Waals surface area contributed by atoms with Gasteiger partial charge in [-0.05, 0) is 36.8 Å². The summed E-state index contributed by atoms with van der Waals surface area (Å²) in [6, 6.07) is 5.75. The Morgan fingerprint density at radius 1 is 1.04 bits per heavy atom. The maximum absolute atomic E-state index is 6.25. The highest BCUT2D eigenvalue weighted by molar-refractivity contribution is 7.80. The van der Waals surface area contributed by atoms with E-state index in [0.29, 0.717) is 15.2 Å². The Hall–Kier alpha value is -1.27. The molecule has 132 valence electrons. The van der Waals surface area contributed by atoms with Crippen LogP contribution in [0.25, 0.3) is 0 Å². The van der Waals surface area contributed by atoms with E-state index in [-0.39, 0.29) is 0 Å². The van der Waals surface area contributed by atoms with Gasteiger partial charge in [-0.15, -0.1) is 0 Å². The molecule has 25 heavy (non-hydrogen) atoms. The first-order valence-corrected chi connectivity index (χ1v) is 9.36. The first-order valence-electron chi connectivity index (χ1n) is 7.82. The van der Waals surface area contributed by atoms with Gasteiger partial charge in [-0.1, -0.05) is 40.9 Å². The number of piperazine rings is 1. The number of hydrogen-bond acceptors (Lipinski definition) is 3. The minimum atomic E-state index is 0.566. The predicted octanol–water partition coefficient (Wildman–Crippen LogP) is 4.87. The summed E-state index contributed by atoms with van der Waals surface area (Å²) >= 11 is 24.2. The number of pyridine rings is 1. The summed E-state index contributed by atoms with van der Waals surface area (Å²) in [5.41, 5.74) is 2.75. The van der Waals surface area contributed by atoms with Crippen molar-refractivity contribution in [2.24, 2.45) is 0 Å². The van der Waals surface area contributed by atoms with Gasteiger partial charge in [0, 0.05) is 49.3 Å². The molecule has 3 rings (SSSR count). The molecule has 0 spiro atoms. The summed E-state index contributed by atoms with van der Waals surface area (Å²) in [6.07, 6.45) is 3.23. The van der Waals surface area contributed by atoms with Crippen molar-refractivity contribution in [3.05, 3.63) is 51.2 Å². The van der Waals surface area contributed by atoms with Gasteiger partial charge in [0.05, 0.1) is 15.7 Å². The number of thiocarbonyl (C=S) groups is 1. The third-order valence-corrected chi connectivity index (χ3v) is 5.54. The van der Waals surface area contributed by atoms with Crippen LogP contribution in [0, 0.1) is 6.92 Å². The van der Waals surface area contributed by atoms with Crippen LogP contribution in [0.15, 0.2) is 30.6 Å². The molecule has 0 unspecified atom stereocenters. The van der Waals surface area contributed by atoms with Crippen LogP contribution in [-0.2, 0) is 0 Å². The number of nitrogens with one attached hydrogen (secondary N) is 1. The van der Waals surface area contributed by atoms with Crippen LogP contribution in [0.1, 0.15) is 5.56 Å². The summed E-state index contributed by atoms with van der Waals surface area (Å²) < 4.78 is 0. The van der Waals surface area contributed by atoms with Crippen molar-refractivity contribution in [1.82, 2.24) is 9.88 Å². The summed E-state index contributed by atoms with van der Waals surface area (Å²) in [4.78, 5) is 8.30. The third kappa shape index (κ3) is 4.11. The van der Waals surface area contributed by atoms with E-state index in [9.17, 15) is 0 Å². The van der Waals surface area contributed by atoms with Gasteiger partial charge in [0.25, 0.3) is 0 Å². The van der Waals surface area contributed by atoms with Gasteiger partial charge in [0.1, 0.15) is 0 Å². The number of halogens is 3. The zero-order valence-corrected chi connectivity index (χ0v) is 16.7. The molecule has 0 bridgehead atoms. The molecular weight excluding hydrogens is 399 g/mol. The molecule has 2 heterocycles. The summed E-state index contributed by atoms with van der Waals surface area (Å²) in [5, 5.41) is 5.84. The maximum Gasteiger partial charge on any atom is 0.173 e. The van der Waals surface area contributed by atoms with Crippen molar-refractivity contribution in [3.8, 4) is 0 Å². The Balaban J connectivity index is 1.64. The normalized spacial score (nSPS) is 14.6. The lowest BCUT2D eigenvalue weighted by atomic mass is 10.2. The van der Waals surface area contributed by atoms with E-state index in [1.807, 2.05) is 25.1 Å². The molecule has 1 aliphatic heterocycles. The fourth-order valence-electron chi connectivity index (χ4n) is 2.78. The number of rotatable bonds is 2. The first kappa shape index (κ1) is 18.5. The van der Waals surface area contributed by atoms with Crippen molar-refractivity contribution in [2.75, 3.05) is 36.4 Å². The molecule has 0 atom stereocenters. The molecule has 0 amide bonds. The molecule has 0 aliphatic carbocycles. The van der Waals surface area contributed by atoms with Gasteiger partial charge < -0.3 is 15.1 Å². The lowest BCUT2D eigenvalue weighted by molar-refractivity contribution is 0.391. The minimum absolute atomic E-state index is 0.566. The Bertz CT molecular complexity index is 771. The fourth-order valence-corrected chi connectivity index (χ4v) is 3.85. The smallest absolute Gasteiger partial charge is 0.173 e. The molecule has 1 saturated heterocycles. The molecule has 1 fully saturated rings. The Morgan fingerprint density at radius 3 is 2.32 bits per heavy atom. The van der Waals surface area contributed by atoms with Crippen molar-refractivity contribution >= 4 is 63.5 Å². The van der Waals surface area contributed by atoms with Crippen molar-refractivity contribution < 1.29 is 0 Å². The van der Waals surface area contributed by atoms with Gasteiger partial charge >= 0.3 is 0 Å². The zero-order valence-electron chi connectivity index (χ0n) is 13.6. The lowest BCUT2D eigenvalue weighted by Gasteiger charge is -2.38. The van der Waals surface area contributed by atoms with E-state index in [2.05, 4.69) is 20.1 Å². The van der Waals surface area contributed by atoms with Crippen LogP contribution in [0.3, 0.4) is 0 Å². The van der Waals surface area contributed by atoms with E-state index >= 15 is 0 Å². The van der Waals surface area contributed by atoms with Crippen molar-refractivity contribution in [1.29, 1.82) is 0 Å². The largest absolute Gasteiger partial charge is 0.365 e. The highest BCUT2D eigenvalue weighted by atomic mass is 35.5. The summed E-state index contributed by atoms with van der Waals surface area (Å²) in [6.45, 7) is 5.08. The van der Waals surface area contributed by atoms with Crippen molar-refractivity contribution in [3.63, 3.8) is 0 Å². The quantitative estimate of drug-likeness (QED) is 0.707. The highest BCUT2D eigenvalue weighted by Crippen LogP contribution is 2.33. The van der Waals surface area contributed by atoms with E-state index in [4.69, 9.17) is 47.0 Å². The molecule has 0 radical (unpaired) electrons. The number of benzene rings is 1. The predicted molar refractivity (Wildman–Crippen MR) is 110 cm³/mol. The molecule has 4 nitrogen and oxygen atoms in total. The van der Waals surface area contributed by atoms with Gasteiger partial charge in [-0.2, -0.15) is 0 Å². The second-order valence-electron chi connectivity index (χ2n) is 5.77. The van der Waals surface area contributed by atoms with Crippen LogP contribution in [-0.4, -0.2) is 41.2 Å². The average molecular weight is 416 g/mol. The number of nitrogens with zero attached hydrogens (tertiary/aromatic N) is 3. The molecule has 0 saturated carbocycles. The van der Waals surface area contributed by atoms with Crippen LogP contribution in [0.2, 0.25) is 15.1 Å². The summed E-state index contributed by atoms with van der Waals surface area (Å²) in [7, 11) is 0. The van der Waals surface area contributed by atoms with Gasteiger partial charge in [0.15, 0.2) is 5.11 Å². The summed E-state index contributed by atoms with van der Waals surface area (Å²) in [5.74, 6) is 0. The third-order valence-electron chi connectivity index (χ3n) is 4.22. The van der Waals surface area contributed by atoms with Gasteiger partial charge in [-0.3, -0.25) is 4.98 Å². The van der Waals surface area contributed by atoms with E-state index in [0.717, 1.165) is 48.1 Å². The highest BCUT2D eigenvalue weighted by Gasteiger charge is 2.22. The SMILES string of the molecule is Cc1c(Cl)cccc1NC(=S)N1CCN(c2c(Cl)cncc2Cl)CC1. The molecule has 2 aromatic rings. The Kier molecular flexibility index (Phi) is 5.89. The number of hydrogen-bond donors (Lipinski definition) is 1. The molecule has 1 aliphatic rings. The van der Waals surface area contributed by atoms with Crippen LogP contribution in [0.4, 0.5) is 11.4 Å². The van der Waals surface area contributed by atoms with E-state index in [1.165, 1.54) is 0 Å². The molecule has 1 N–H and O–H groups in total. The minimum Gasteiger partial charge on any atom is -0.365 e. The van der Waals surface area contributed by atoms with E-state index < -0.39 is 0 Å². The van der Waals surface area contributed by atoms with Gasteiger partial charge in [0.2, 0.25) is 0 Å². The van der Waals surface area contributed by atoms with Gasteiger partial charge in [-0.25, -0.2) is 0 Å². The monoisotopic (exact) mass is 414 g/mol. The molecule has 1 aromatic heterocycles. The topological polar surface area (TPSA) is 31.4 Å². The van der Waals surface area contributed by atoms with E-state index in [1.54, 1.807) is 12.4 Å². The maximum atomic E-state index is 6.25. The Labute approximate surface area is 167 Å². The van der Waals surface area contributed by atoms with Crippen molar-refractivity contribution in [2.45, 2.75) is 6.92 Å². The number of anilines is 2.